The van der Waals surface area contributed by atoms with Crippen LogP contribution in [0.25, 0.3) is 0 Å². The fraction of sp³-hybridized carbons (Fsp3) is 0.300. The van der Waals surface area contributed by atoms with Gasteiger partial charge in [0.1, 0.15) is 17.1 Å². The molecule has 0 aliphatic heterocycles. The maximum Gasteiger partial charge on any atom is 0.341 e. The largest absolute Gasteiger partial charge is 0.496 e. The molecule has 0 radical (unpaired) electrons. The van der Waals surface area contributed by atoms with E-state index in [0.29, 0.717) is 30.7 Å². The van der Waals surface area contributed by atoms with Crippen LogP contribution in [0.1, 0.15) is 27.9 Å². The molecule has 0 heterocycles. The molecule has 26 heavy (non-hydrogen) atoms. The molecule has 0 spiro atoms. The molecule has 2 aromatic rings. The highest BCUT2D eigenvalue weighted by atomic mass is 16.5. The fourth-order valence-corrected chi connectivity index (χ4v) is 2.58. The summed E-state index contributed by atoms with van der Waals surface area (Å²) in [5, 5.41) is 2.86. The van der Waals surface area contributed by atoms with Crippen LogP contribution in [0.15, 0.2) is 42.5 Å². The molecule has 0 unspecified atom stereocenters. The third kappa shape index (κ3) is 4.99. The van der Waals surface area contributed by atoms with Gasteiger partial charge in [-0.1, -0.05) is 24.3 Å². The second-order valence-corrected chi connectivity index (χ2v) is 5.61. The zero-order chi connectivity index (χ0) is 18.9. The Balaban J connectivity index is 1.94. The lowest BCUT2D eigenvalue weighted by Gasteiger charge is -2.11. The van der Waals surface area contributed by atoms with E-state index in [1.807, 2.05) is 24.3 Å². The van der Waals surface area contributed by atoms with Gasteiger partial charge in [0.25, 0.3) is 0 Å². The topological polar surface area (TPSA) is 73.9 Å². The minimum absolute atomic E-state index is 0.0775. The summed E-state index contributed by atoms with van der Waals surface area (Å²) in [5.41, 5.74) is 2.11. The monoisotopic (exact) mass is 357 g/mol. The Morgan fingerprint density at radius 1 is 0.962 bits per heavy atom. The van der Waals surface area contributed by atoms with Crippen molar-refractivity contribution < 1.29 is 23.8 Å². The van der Waals surface area contributed by atoms with Gasteiger partial charge in [-0.2, -0.15) is 0 Å². The van der Waals surface area contributed by atoms with E-state index in [-0.39, 0.29) is 5.91 Å². The van der Waals surface area contributed by atoms with Crippen molar-refractivity contribution in [1.29, 1.82) is 0 Å². The first kappa shape index (κ1) is 19.3. The normalized spacial score (nSPS) is 10.1. The number of ether oxygens (including phenoxy) is 3. The van der Waals surface area contributed by atoms with Gasteiger partial charge >= 0.3 is 5.97 Å². The molecule has 2 rings (SSSR count). The van der Waals surface area contributed by atoms with Crippen molar-refractivity contribution in [3.8, 4) is 11.5 Å². The molecule has 2 aromatic carbocycles. The lowest BCUT2D eigenvalue weighted by atomic mass is 10.1. The van der Waals surface area contributed by atoms with Crippen molar-refractivity contribution in [3.05, 3.63) is 59.2 Å². The lowest BCUT2D eigenvalue weighted by molar-refractivity contribution is -0.121. The van der Waals surface area contributed by atoms with Gasteiger partial charge in [-0.05, 0) is 35.7 Å². The van der Waals surface area contributed by atoms with Gasteiger partial charge in [-0.25, -0.2) is 4.79 Å². The van der Waals surface area contributed by atoms with Crippen molar-refractivity contribution in [2.45, 2.75) is 19.4 Å². The number of aryl methyl sites for hydroxylation is 1. The third-order valence-electron chi connectivity index (χ3n) is 3.97. The molecule has 0 aliphatic rings. The number of rotatable bonds is 8. The highest BCUT2D eigenvalue weighted by Crippen LogP contribution is 2.21. The number of carbonyl (C=O) groups is 2. The first-order chi connectivity index (χ1) is 12.6. The average Bonchev–Trinajstić information content (AvgIpc) is 2.69. The summed E-state index contributed by atoms with van der Waals surface area (Å²) in [4.78, 5) is 23.9. The minimum Gasteiger partial charge on any atom is -0.496 e. The van der Waals surface area contributed by atoms with Gasteiger partial charge in [0.05, 0.1) is 21.3 Å². The minimum atomic E-state index is -0.480. The van der Waals surface area contributed by atoms with E-state index >= 15 is 0 Å². The summed E-state index contributed by atoms with van der Waals surface area (Å²) in [6, 6.07) is 12.8. The maximum absolute atomic E-state index is 12.1. The Morgan fingerprint density at radius 3 is 2.38 bits per heavy atom. The van der Waals surface area contributed by atoms with Crippen LogP contribution in [0.4, 0.5) is 0 Å². The van der Waals surface area contributed by atoms with E-state index in [0.717, 1.165) is 16.9 Å². The number of para-hydroxylation sites is 1. The van der Waals surface area contributed by atoms with Gasteiger partial charge in [0, 0.05) is 13.0 Å². The van der Waals surface area contributed by atoms with Gasteiger partial charge in [-0.3, -0.25) is 4.79 Å². The molecule has 0 aromatic heterocycles. The van der Waals surface area contributed by atoms with E-state index in [2.05, 4.69) is 5.32 Å². The first-order valence-corrected chi connectivity index (χ1v) is 8.22. The Morgan fingerprint density at radius 2 is 1.69 bits per heavy atom. The zero-order valence-corrected chi connectivity index (χ0v) is 15.2. The molecule has 1 amide bonds. The summed E-state index contributed by atoms with van der Waals surface area (Å²) in [5.74, 6) is 0.652. The molecule has 1 N–H and O–H groups in total. The quantitative estimate of drug-likeness (QED) is 0.736. The number of esters is 1. The predicted molar refractivity (Wildman–Crippen MR) is 97.5 cm³/mol. The summed E-state index contributed by atoms with van der Waals surface area (Å²) in [6.45, 7) is 0.318. The van der Waals surface area contributed by atoms with Crippen molar-refractivity contribution in [2.75, 3.05) is 21.3 Å². The number of nitrogens with one attached hydrogen (secondary N) is 1. The average molecular weight is 357 g/mol. The molecule has 0 atom stereocenters. The van der Waals surface area contributed by atoms with Crippen LogP contribution in [0, 0.1) is 0 Å². The number of amides is 1. The Labute approximate surface area is 153 Å². The summed E-state index contributed by atoms with van der Waals surface area (Å²) >= 11 is 0. The summed E-state index contributed by atoms with van der Waals surface area (Å²) in [6.07, 6.45) is 0.937. The molecule has 6 heteroatoms. The maximum atomic E-state index is 12.1. The van der Waals surface area contributed by atoms with E-state index in [1.165, 1.54) is 14.2 Å². The number of hydrogen-bond acceptors (Lipinski definition) is 5. The van der Waals surface area contributed by atoms with Crippen LogP contribution in [0.2, 0.25) is 0 Å². The van der Waals surface area contributed by atoms with Crippen LogP contribution in [0.5, 0.6) is 11.5 Å². The Bertz CT molecular complexity index is 773. The van der Waals surface area contributed by atoms with Crippen LogP contribution in [-0.2, 0) is 22.5 Å². The van der Waals surface area contributed by atoms with Crippen LogP contribution >= 0.6 is 0 Å². The molecule has 6 nitrogen and oxygen atoms in total. The Kier molecular flexibility index (Phi) is 7.02. The number of hydrogen-bond donors (Lipinski definition) is 1. The molecular weight excluding hydrogens is 334 g/mol. The van der Waals surface area contributed by atoms with Gasteiger partial charge < -0.3 is 19.5 Å². The lowest BCUT2D eigenvalue weighted by Crippen LogP contribution is -2.23. The predicted octanol–water partition coefficient (Wildman–Crippen LogP) is 2.74. The number of methoxy groups -OCH3 is 3. The summed E-state index contributed by atoms with van der Waals surface area (Å²) in [7, 11) is 4.41. The second kappa shape index (κ2) is 9.46. The third-order valence-corrected chi connectivity index (χ3v) is 3.97. The SMILES string of the molecule is COC(=O)c1cc(CNC(=O)CCc2ccccc2OC)ccc1OC. The van der Waals surface area contributed by atoms with E-state index < -0.39 is 5.97 Å². The summed E-state index contributed by atoms with van der Waals surface area (Å²) < 4.78 is 15.2. The van der Waals surface area contributed by atoms with Gasteiger partial charge in [-0.15, -0.1) is 0 Å². The van der Waals surface area contributed by atoms with Crippen molar-refractivity contribution in [2.24, 2.45) is 0 Å². The van der Waals surface area contributed by atoms with Gasteiger partial charge in [0.2, 0.25) is 5.91 Å². The Hall–Kier alpha value is -3.02. The standard InChI is InChI=1S/C20H23NO5/c1-24-17-7-5-4-6-15(17)9-11-19(22)21-13-14-8-10-18(25-2)16(12-14)20(23)26-3/h4-8,10,12H,9,11,13H2,1-3H3,(H,21,22). The van der Waals surface area contributed by atoms with E-state index in [9.17, 15) is 9.59 Å². The molecule has 0 fully saturated rings. The smallest absolute Gasteiger partial charge is 0.341 e. The van der Waals surface area contributed by atoms with Crippen molar-refractivity contribution >= 4 is 11.9 Å². The number of carbonyl (C=O) groups excluding carboxylic acids is 2. The zero-order valence-electron chi connectivity index (χ0n) is 15.2. The highest BCUT2D eigenvalue weighted by Gasteiger charge is 2.14. The van der Waals surface area contributed by atoms with E-state index in [1.54, 1.807) is 25.3 Å². The van der Waals surface area contributed by atoms with Gasteiger partial charge in [0.15, 0.2) is 0 Å². The van der Waals surface area contributed by atoms with Crippen molar-refractivity contribution in [3.63, 3.8) is 0 Å². The van der Waals surface area contributed by atoms with Crippen LogP contribution in [-0.4, -0.2) is 33.2 Å². The fourth-order valence-electron chi connectivity index (χ4n) is 2.58. The molecule has 0 aliphatic carbocycles. The van der Waals surface area contributed by atoms with Crippen LogP contribution < -0.4 is 14.8 Å². The molecule has 0 saturated heterocycles. The molecule has 0 saturated carbocycles. The van der Waals surface area contributed by atoms with E-state index in [4.69, 9.17) is 14.2 Å². The molecule has 0 bridgehead atoms. The van der Waals surface area contributed by atoms with Crippen molar-refractivity contribution in [1.82, 2.24) is 5.32 Å². The first-order valence-electron chi connectivity index (χ1n) is 8.22. The number of benzene rings is 2. The van der Waals surface area contributed by atoms with Crippen LogP contribution in [0.3, 0.4) is 0 Å². The second-order valence-electron chi connectivity index (χ2n) is 5.61. The molecular formula is C20H23NO5. The molecule has 138 valence electrons. The highest BCUT2D eigenvalue weighted by molar-refractivity contribution is 5.92.